The van der Waals surface area contributed by atoms with Crippen LogP contribution in [0.4, 0.5) is 11.6 Å². The Bertz CT molecular complexity index is 1290. The first-order chi connectivity index (χ1) is 16.1. The Balaban J connectivity index is 1.38. The molecule has 6 heteroatoms. The molecule has 33 heavy (non-hydrogen) atoms. The van der Waals surface area contributed by atoms with Crippen molar-refractivity contribution in [3.05, 3.63) is 84.1 Å². The summed E-state index contributed by atoms with van der Waals surface area (Å²) in [5.74, 6) is 0.725. The SMILES string of the molecule is CN1CCC(c2ccc(Nc3ncc4ccc(-c5ccccc5C(N)=O)cc4n3)cc2)CC1. The number of hydrogen-bond acceptors (Lipinski definition) is 5. The lowest BCUT2D eigenvalue weighted by Gasteiger charge is -2.29. The van der Waals surface area contributed by atoms with Crippen LogP contribution in [0.5, 0.6) is 0 Å². The molecule has 3 N–H and O–H groups in total. The number of primary amides is 1. The quantitative estimate of drug-likeness (QED) is 0.462. The molecule has 0 bridgehead atoms. The number of hydrogen-bond donors (Lipinski definition) is 2. The minimum absolute atomic E-state index is 0.445. The standard InChI is InChI=1S/C27H27N5O/c1-32-14-12-19(13-15-32)18-8-10-22(11-9-18)30-27-29-17-21-7-6-20(16-25(21)31-27)23-4-2-3-5-24(23)26(28)33/h2-11,16-17,19H,12-15H2,1H3,(H2,28,33)(H,29,30,31). The number of anilines is 2. The number of amides is 1. The fourth-order valence-corrected chi connectivity index (χ4v) is 4.51. The predicted octanol–water partition coefficient (Wildman–Crippen LogP) is 4.95. The van der Waals surface area contributed by atoms with Crippen LogP contribution in [0.2, 0.25) is 0 Å². The van der Waals surface area contributed by atoms with Crippen LogP contribution in [0.25, 0.3) is 22.0 Å². The number of aromatic nitrogens is 2. The largest absolute Gasteiger partial charge is 0.366 e. The van der Waals surface area contributed by atoms with Crippen molar-refractivity contribution in [3.63, 3.8) is 0 Å². The molecule has 1 amide bonds. The van der Waals surface area contributed by atoms with Gasteiger partial charge in [-0.1, -0.05) is 42.5 Å². The number of carbonyl (C=O) groups excluding carboxylic acids is 1. The second kappa shape index (κ2) is 9.00. The maximum Gasteiger partial charge on any atom is 0.249 e. The lowest BCUT2D eigenvalue weighted by atomic mass is 9.89. The molecule has 0 radical (unpaired) electrons. The van der Waals surface area contributed by atoms with Gasteiger partial charge >= 0.3 is 0 Å². The first-order valence-electron chi connectivity index (χ1n) is 11.3. The highest BCUT2D eigenvalue weighted by atomic mass is 16.1. The molecule has 166 valence electrons. The summed E-state index contributed by atoms with van der Waals surface area (Å²) in [6.45, 7) is 2.31. The van der Waals surface area contributed by atoms with Crippen molar-refractivity contribution in [3.8, 4) is 11.1 Å². The fourth-order valence-electron chi connectivity index (χ4n) is 4.51. The van der Waals surface area contributed by atoms with Crippen molar-refractivity contribution < 1.29 is 4.79 Å². The molecule has 4 aromatic rings. The average Bonchev–Trinajstić information content (AvgIpc) is 2.84. The van der Waals surface area contributed by atoms with Crippen LogP contribution in [0, 0.1) is 0 Å². The van der Waals surface area contributed by atoms with Crippen LogP contribution in [0.15, 0.2) is 72.9 Å². The van der Waals surface area contributed by atoms with Crippen LogP contribution in [0.3, 0.4) is 0 Å². The number of piperidine rings is 1. The van der Waals surface area contributed by atoms with Crippen molar-refractivity contribution in [2.24, 2.45) is 5.73 Å². The van der Waals surface area contributed by atoms with Crippen LogP contribution in [-0.2, 0) is 0 Å². The third kappa shape index (κ3) is 4.56. The van der Waals surface area contributed by atoms with Crippen molar-refractivity contribution in [1.29, 1.82) is 0 Å². The molecule has 1 aliphatic rings. The van der Waals surface area contributed by atoms with Crippen LogP contribution >= 0.6 is 0 Å². The molecule has 1 aliphatic heterocycles. The van der Waals surface area contributed by atoms with E-state index in [-0.39, 0.29) is 0 Å². The Morgan fingerprint density at radius 2 is 1.79 bits per heavy atom. The summed E-state index contributed by atoms with van der Waals surface area (Å²) in [6, 6.07) is 21.8. The number of likely N-dealkylation sites (tertiary alicyclic amines) is 1. The summed E-state index contributed by atoms with van der Waals surface area (Å²) in [5.41, 5.74) is 10.9. The first-order valence-corrected chi connectivity index (χ1v) is 11.3. The summed E-state index contributed by atoms with van der Waals surface area (Å²) in [4.78, 5) is 23.4. The number of rotatable bonds is 5. The molecule has 0 unspecified atom stereocenters. The smallest absolute Gasteiger partial charge is 0.249 e. The van der Waals surface area contributed by atoms with E-state index in [0.717, 1.165) is 40.8 Å². The Labute approximate surface area is 193 Å². The van der Waals surface area contributed by atoms with E-state index in [1.54, 1.807) is 12.3 Å². The number of carbonyl (C=O) groups is 1. The molecule has 1 fully saturated rings. The first kappa shape index (κ1) is 21.1. The Morgan fingerprint density at radius 3 is 2.55 bits per heavy atom. The molecule has 1 aromatic heterocycles. The Kier molecular flexibility index (Phi) is 5.75. The number of nitrogens with two attached hydrogens (primary N) is 1. The minimum Gasteiger partial charge on any atom is -0.366 e. The number of benzene rings is 3. The summed E-state index contributed by atoms with van der Waals surface area (Å²) in [6.07, 6.45) is 4.22. The topological polar surface area (TPSA) is 84.1 Å². The van der Waals surface area contributed by atoms with Crippen LogP contribution in [-0.4, -0.2) is 40.9 Å². The fraction of sp³-hybridized carbons (Fsp3) is 0.222. The monoisotopic (exact) mass is 437 g/mol. The van der Waals surface area contributed by atoms with E-state index in [0.29, 0.717) is 17.4 Å². The van der Waals surface area contributed by atoms with Gasteiger partial charge in [0.1, 0.15) is 0 Å². The minimum atomic E-state index is -0.445. The van der Waals surface area contributed by atoms with E-state index in [4.69, 9.17) is 10.7 Å². The van der Waals surface area contributed by atoms with Crippen molar-refractivity contribution in [1.82, 2.24) is 14.9 Å². The van der Waals surface area contributed by atoms with Gasteiger partial charge in [-0.25, -0.2) is 9.97 Å². The van der Waals surface area contributed by atoms with Crippen LogP contribution in [0.1, 0.15) is 34.7 Å². The van der Waals surface area contributed by atoms with Gasteiger partial charge in [-0.05, 0) is 79.9 Å². The average molecular weight is 438 g/mol. The number of nitrogens with zero attached hydrogens (tertiary/aromatic N) is 3. The van der Waals surface area contributed by atoms with E-state index in [2.05, 4.69) is 46.5 Å². The van der Waals surface area contributed by atoms with Crippen molar-refractivity contribution >= 4 is 28.4 Å². The van der Waals surface area contributed by atoms with Gasteiger partial charge in [0.15, 0.2) is 0 Å². The summed E-state index contributed by atoms with van der Waals surface area (Å²) in [5, 5.41) is 4.25. The molecule has 2 heterocycles. The van der Waals surface area contributed by atoms with Gasteiger partial charge in [-0.15, -0.1) is 0 Å². The maximum absolute atomic E-state index is 11.8. The second-order valence-electron chi connectivity index (χ2n) is 8.70. The third-order valence-corrected chi connectivity index (χ3v) is 6.44. The zero-order chi connectivity index (χ0) is 22.8. The van der Waals surface area contributed by atoms with E-state index in [1.807, 2.05) is 36.4 Å². The van der Waals surface area contributed by atoms with Gasteiger partial charge < -0.3 is 16.0 Å². The lowest BCUT2D eigenvalue weighted by Crippen LogP contribution is -2.29. The summed E-state index contributed by atoms with van der Waals surface area (Å²) >= 11 is 0. The molecule has 3 aromatic carbocycles. The number of nitrogens with one attached hydrogen (secondary N) is 1. The molecular weight excluding hydrogens is 410 g/mol. The Morgan fingerprint density at radius 1 is 1.03 bits per heavy atom. The molecular formula is C27H27N5O. The molecule has 5 rings (SSSR count). The van der Waals surface area contributed by atoms with Gasteiger partial charge in [0.2, 0.25) is 11.9 Å². The lowest BCUT2D eigenvalue weighted by molar-refractivity contribution is 0.100. The van der Waals surface area contributed by atoms with E-state index in [9.17, 15) is 4.79 Å². The summed E-state index contributed by atoms with van der Waals surface area (Å²) < 4.78 is 0. The zero-order valence-corrected chi connectivity index (χ0v) is 18.7. The van der Waals surface area contributed by atoms with Gasteiger partial charge in [-0.2, -0.15) is 0 Å². The van der Waals surface area contributed by atoms with E-state index < -0.39 is 5.91 Å². The molecule has 0 saturated carbocycles. The van der Waals surface area contributed by atoms with E-state index >= 15 is 0 Å². The molecule has 0 aliphatic carbocycles. The summed E-state index contributed by atoms with van der Waals surface area (Å²) in [7, 11) is 2.19. The van der Waals surface area contributed by atoms with Crippen molar-refractivity contribution in [2.45, 2.75) is 18.8 Å². The highest BCUT2D eigenvalue weighted by Gasteiger charge is 2.18. The molecule has 6 nitrogen and oxygen atoms in total. The van der Waals surface area contributed by atoms with Gasteiger partial charge in [0.25, 0.3) is 0 Å². The van der Waals surface area contributed by atoms with Gasteiger partial charge in [0, 0.05) is 22.8 Å². The maximum atomic E-state index is 11.8. The predicted molar refractivity (Wildman–Crippen MR) is 133 cm³/mol. The highest BCUT2D eigenvalue weighted by Crippen LogP contribution is 2.29. The third-order valence-electron chi connectivity index (χ3n) is 6.44. The molecule has 0 atom stereocenters. The second-order valence-corrected chi connectivity index (χ2v) is 8.70. The molecule has 0 spiro atoms. The van der Waals surface area contributed by atoms with Gasteiger partial charge in [-0.3, -0.25) is 4.79 Å². The number of fused-ring (bicyclic) bond motifs is 1. The molecule has 1 saturated heterocycles. The normalized spacial score (nSPS) is 14.9. The van der Waals surface area contributed by atoms with Gasteiger partial charge in [0.05, 0.1) is 5.52 Å². The highest BCUT2D eigenvalue weighted by molar-refractivity contribution is 6.00. The van der Waals surface area contributed by atoms with E-state index in [1.165, 1.54) is 18.4 Å². The van der Waals surface area contributed by atoms with Crippen LogP contribution < -0.4 is 11.1 Å². The van der Waals surface area contributed by atoms with Crippen molar-refractivity contribution in [2.75, 3.05) is 25.5 Å². The Hall–Kier alpha value is -3.77. The zero-order valence-electron chi connectivity index (χ0n) is 18.7.